The van der Waals surface area contributed by atoms with Gasteiger partial charge >= 0.3 is 5.97 Å². The third kappa shape index (κ3) is 3.66. The van der Waals surface area contributed by atoms with Gasteiger partial charge in [-0.3, -0.25) is 0 Å². The normalized spacial score (nSPS) is 16.0. The largest absolute Gasteiger partial charge is 0.483 e. The van der Waals surface area contributed by atoms with Crippen LogP contribution in [0.1, 0.15) is 48.0 Å². The van der Waals surface area contributed by atoms with Gasteiger partial charge in [0.15, 0.2) is 5.82 Å². The van der Waals surface area contributed by atoms with E-state index in [1.54, 1.807) is 18.2 Å². The maximum atomic E-state index is 11.3. The Kier molecular flexibility index (Phi) is 4.92. The number of rotatable bonds is 5. The van der Waals surface area contributed by atoms with Crippen molar-refractivity contribution in [1.82, 2.24) is 9.97 Å². The average molecular weight is 389 g/mol. The van der Waals surface area contributed by atoms with Crippen molar-refractivity contribution in [3.05, 3.63) is 71.4 Å². The van der Waals surface area contributed by atoms with E-state index in [-0.39, 0.29) is 17.7 Å². The number of benzene rings is 2. The molecule has 0 aliphatic carbocycles. The predicted molar refractivity (Wildman–Crippen MR) is 113 cm³/mol. The van der Waals surface area contributed by atoms with Gasteiger partial charge in [-0.05, 0) is 38.1 Å². The second kappa shape index (κ2) is 7.54. The van der Waals surface area contributed by atoms with Gasteiger partial charge in [-0.1, -0.05) is 30.3 Å². The van der Waals surface area contributed by atoms with Gasteiger partial charge in [0.25, 0.3) is 0 Å². The molecule has 2 aromatic carbocycles. The number of carboxylic acids is 1. The molecule has 1 N–H and O–H groups in total. The van der Waals surface area contributed by atoms with Gasteiger partial charge < -0.3 is 14.7 Å². The summed E-state index contributed by atoms with van der Waals surface area (Å²) in [4.78, 5) is 23.0. The van der Waals surface area contributed by atoms with Crippen LogP contribution in [0.5, 0.6) is 0 Å². The summed E-state index contributed by atoms with van der Waals surface area (Å²) in [5.41, 5.74) is 3.21. The highest BCUT2D eigenvalue weighted by Crippen LogP contribution is 2.39. The zero-order valence-corrected chi connectivity index (χ0v) is 16.7. The monoisotopic (exact) mass is 389 g/mol. The van der Waals surface area contributed by atoms with Crippen molar-refractivity contribution in [3.8, 4) is 0 Å². The highest BCUT2D eigenvalue weighted by Gasteiger charge is 2.28. The van der Waals surface area contributed by atoms with E-state index in [4.69, 9.17) is 14.7 Å². The lowest BCUT2D eigenvalue weighted by atomic mass is 10.1. The molecule has 0 fully saturated rings. The lowest BCUT2D eigenvalue weighted by Gasteiger charge is -2.27. The molecule has 3 aromatic rings. The van der Waals surface area contributed by atoms with E-state index in [2.05, 4.69) is 19.9 Å². The summed E-state index contributed by atoms with van der Waals surface area (Å²) in [7, 11) is 1.96. The van der Waals surface area contributed by atoms with Gasteiger partial charge in [0.1, 0.15) is 17.6 Å². The fourth-order valence-corrected chi connectivity index (χ4v) is 3.33. The molecule has 0 saturated heterocycles. The van der Waals surface area contributed by atoms with E-state index in [9.17, 15) is 9.90 Å². The first-order chi connectivity index (χ1) is 13.9. The molecule has 1 aliphatic heterocycles. The summed E-state index contributed by atoms with van der Waals surface area (Å²) < 4.78 is 6.25. The number of carboxylic acid groups (broad SMARTS) is 1. The first-order valence-electron chi connectivity index (χ1n) is 9.64. The minimum Gasteiger partial charge on any atom is -0.483 e. The molecular weight excluding hydrogens is 366 g/mol. The number of carbonyl (C=O) groups is 1. The zero-order valence-electron chi connectivity index (χ0n) is 16.7. The fraction of sp³-hybridized carbons (Fsp3) is 0.261. The number of fused-ring (bicyclic) bond motifs is 1. The van der Waals surface area contributed by atoms with E-state index in [1.165, 1.54) is 0 Å². The molecule has 29 heavy (non-hydrogen) atoms. The third-order valence-electron chi connectivity index (χ3n) is 5.18. The van der Waals surface area contributed by atoms with Crippen molar-refractivity contribution in [1.29, 1.82) is 0 Å². The number of hydrogen-bond donors (Lipinski definition) is 1. The first kappa shape index (κ1) is 18.9. The van der Waals surface area contributed by atoms with Gasteiger partial charge in [-0.2, -0.15) is 0 Å². The van der Waals surface area contributed by atoms with Crippen molar-refractivity contribution in [2.45, 2.75) is 32.4 Å². The lowest BCUT2D eigenvalue weighted by Crippen LogP contribution is -2.28. The zero-order chi connectivity index (χ0) is 20.5. The second-order valence-electron chi connectivity index (χ2n) is 7.42. The predicted octanol–water partition coefficient (Wildman–Crippen LogP) is 4.68. The van der Waals surface area contributed by atoms with Crippen LogP contribution in [0.3, 0.4) is 0 Å². The average Bonchev–Trinajstić information content (AvgIpc) is 3.22. The molecule has 148 valence electrons. The Bertz CT molecular complexity index is 1090. The maximum absolute atomic E-state index is 11.3. The molecule has 6 heteroatoms. The Morgan fingerprint density at radius 1 is 1.14 bits per heavy atom. The molecule has 0 spiro atoms. The summed E-state index contributed by atoms with van der Waals surface area (Å²) >= 11 is 0. The molecule has 0 amide bonds. The summed E-state index contributed by atoms with van der Waals surface area (Å²) in [5.74, 6) is 0.576. The molecular formula is C23H23N3O3. The Labute approximate surface area is 169 Å². The van der Waals surface area contributed by atoms with Crippen LogP contribution in [0.2, 0.25) is 0 Å². The smallest absolute Gasteiger partial charge is 0.335 e. The van der Waals surface area contributed by atoms with E-state index in [0.29, 0.717) is 23.3 Å². The van der Waals surface area contributed by atoms with Crippen LogP contribution in [0, 0.1) is 0 Å². The van der Waals surface area contributed by atoms with Crippen LogP contribution in [-0.4, -0.2) is 34.1 Å². The van der Waals surface area contributed by atoms with Crippen LogP contribution < -0.4 is 4.90 Å². The number of hydrogen-bond acceptors (Lipinski definition) is 5. The molecule has 0 saturated carbocycles. The van der Waals surface area contributed by atoms with Crippen molar-refractivity contribution in [2.75, 3.05) is 11.9 Å². The van der Waals surface area contributed by atoms with Crippen LogP contribution in [-0.2, 0) is 4.74 Å². The van der Waals surface area contributed by atoms with Gasteiger partial charge in [0, 0.05) is 25.1 Å². The van der Waals surface area contributed by atoms with Crippen molar-refractivity contribution in [3.63, 3.8) is 0 Å². The number of ether oxygens (including phenoxy) is 1. The van der Waals surface area contributed by atoms with Gasteiger partial charge in [-0.15, -0.1) is 0 Å². The molecule has 6 nitrogen and oxygen atoms in total. The summed E-state index contributed by atoms with van der Waals surface area (Å²) in [6, 6.07) is 15.0. The molecule has 1 aromatic heterocycles. The van der Waals surface area contributed by atoms with Gasteiger partial charge in [0.05, 0.1) is 16.6 Å². The quantitative estimate of drug-likeness (QED) is 0.683. The van der Waals surface area contributed by atoms with Crippen LogP contribution in [0.25, 0.3) is 16.8 Å². The highest BCUT2D eigenvalue weighted by molar-refractivity contribution is 5.92. The highest BCUT2D eigenvalue weighted by atomic mass is 16.5. The minimum absolute atomic E-state index is 0.197. The standard InChI is InChI=1S/C23H23N3O3/c1-14(2)26(3)22-21(20-12-11-19(29-20)15-7-5-4-6-8-15)24-17-10-9-16(23(27)28)13-18(17)25-22/h4-11,13-14,20H,12H2,1-3H3,(H,27,28). The van der Waals surface area contributed by atoms with Crippen LogP contribution in [0.15, 0.2) is 54.6 Å². The van der Waals surface area contributed by atoms with E-state index >= 15 is 0 Å². The third-order valence-corrected chi connectivity index (χ3v) is 5.18. The molecule has 0 bridgehead atoms. The minimum atomic E-state index is -0.979. The summed E-state index contributed by atoms with van der Waals surface area (Å²) in [6.07, 6.45) is 2.55. The Hall–Kier alpha value is -3.41. The van der Waals surface area contributed by atoms with E-state index < -0.39 is 5.97 Å². The van der Waals surface area contributed by atoms with Crippen molar-refractivity contribution < 1.29 is 14.6 Å². The first-order valence-corrected chi connectivity index (χ1v) is 9.64. The van der Waals surface area contributed by atoms with Crippen molar-refractivity contribution in [2.24, 2.45) is 0 Å². The number of aromatic nitrogens is 2. The topological polar surface area (TPSA) is 75.6 Å². The van der Waals surface area contributed by atoms with Gasteiger partial charge in [0.2, 0.25) is 0 Å². The van der Waals surface area contributed by atoms with Crippen molar-refractivity contribution >= 4 is 28.6 Å². The molecule has 4 rings (SSSR count). The van der Waals surface area contributed by atoms with Gasteiger partial charge in [-0.25, -0.2) is 14.8 Å². The SMILES string of the molecule is CC(C)N(C)c1nc2cc(C(=O)O)ccc2nc1C1CC=C(c2ccccc2)O1. The number of anilines is 1. The Morgan fingerprint density at radius 3 is 2.59 bits per heavy atom. The second-order valence-corrected chi connectivity index (χ2v) is 7.42. The van der Waals surface area contributed by atoms with Crippen LogP contribution >= 0.6 is 0 Å². The summed E-state index contributed by atoms with van der Waals surface area (Å²) in [5, 5.41) is 9.29. The fourth-order valence-electron chi connectivity index (χ4n) is 3.33. The molecule has 2 heterocycles. The molecule has 1 aliphatic rings. The number of nitrogens with zero attached hydrogens (tertiary/aromatic N) is 3. The van der Waals surface area contributed by atoms with Crippen LogP contribution in [0.4, 0.5) is 5.82 Å². The summed E-state index contributed by atoms with van der Waals surface area (Å²) in [6.45, 7) is 4.15. The van der Waals surface area contributed by atoms with E-state index in [1.807, 2.05) is 42.3 Å². The lowest BCUT2D eigenvalue weighted by molar-refractivity contribution is 0.0697. The van der Waals surface area contributed by atoms with E-state index in [0.717, 1.165) is 17.0 Å². The molecule has 1 unspecified atom stereocenters. The molecule has 0 radical (unpaired) electrons. The molecule has 1 atom stereocenters. The Morgan fingerprint density at radius 2 is 1.90 bits per heavy atom. The Balaban J connectivity index is 1.75. The maximum Gasteiger partial charge on any atom is 0.335 e. The number of aromatic carboxylic acids is 1.